The van der Waals surface area contributed by atoms with Crippen molar-refractivity contribution >= 4 is 22.6 Å². The monoisotopic (exact) mass is 345 g/mol. The Morgan fingerprint density at radius 2 is 1.79 bits per heavy atom. The summed E-state index contributed by atoms with van der Waals surface area (Å²) in [5.74, 6) is 0. The smallest absolute Gasteiger partial charge is 0.410 e. The number of aromatic nitrogens is 1. The van der Waals surface area contributed by atoms with Crippen LogP contribution in [-0.4, -0.2) is 47.1 Å². The summed E-state index contributed by atoms with van der Waals surface area (Å²) < 4.78 is 9.83. The normalized spacial score (nSPS) is 15.5. The van der Waals surface area contributed by atoms with E-state index < -0.39 is 5.60 Å². The highest BCUT2D eigenvalue weighted by Gasteiger charge is 2.27. The minimum absolute atomic E-state index is 0.227. The molecule has 2 heterocycles. The summed E-state index contributed by atoms with van der Waals surface area (Å²) in [5.41, 5.74) is 1.88. The maximum Gasteiger partial charge on any atom is 0.410 e. The number of ether oxygens (including phenoxy) is 1. The quantitative estimate of drug-likeness (QED) is 0.829. The van der Waals surface area contributed by atoms with Gasteiger partial charge in [-0.2, -0.15) is 4.37 Å². The van der Waals surface area contributed by atoms with E-state index in [0.29, 0.717) is 13.1 Å². The third-order valence-electron chi connectivity index (χ3n) is 3.85. The van der Waals surface area contributed by atoms with Crippen LogP contribution in [-0.2, 0) is 4.74 Å². The van der Waals surface area contributed by atoms with Gasteiger partial charge in [-0.05, 0) is 37.9 Å². The van der Waals surface area contributed by atoms with Crippen molar-refractivity contribution in [2.75, 3.05) is 31.1 Å². The fourth-order valence-electron chi connectivity index (χ4n) is 2.70. The van der Waals surface area contributed by atoms with E-state index in [2.05, 4.69) is 21.4 Å². The minimum atomic E-state index is -0.452. The molecule has 2 aromatic rings. The number of hydrogen-bond acceptors (Lipinski definition) is 5. The predicted molar refractivity (Wildman–Crippen MR) is 97.6 cm³/mol. The fourth-order valence-corrected chi connectivity index (χ4v) is 3.52. The van der Waals surface area contributed by atoms with Crippen molar-refractivity contribution in [2.45, 2.75) is 26.4 Å². The summed E-state index contributed by atoms with van der Waals surface area (Å²) in [4.78, 5) is 16.3. The van der Waals surface area contributed by atoms with Crippen LogP contribution in [0.1, 0.15) is 20.8 Å². The summed E-state index contributed by atoms with van der Waals surface area (Å²) in [5, 5.41) is 1.17. The molecule has 24 heavy (non-hydrogen) atoms. The summed E-state index contributed by atoms with van der Waals surface area (Å²) in [6.07, 6.45) is 1.70. The average Bonchev–Trinajstić information content (AvgIpc) is 3.04. The Balaban J connectivity index is 1.66. The molecule has 128 valence electrons. The number of carbonyl (C=O) groups excluding carboxylic acids is 1. The van der Waals surface area contributed by atoms with Crippen LogP contribution >= 0.6 is 11.5 Å². The molecule has 0 radical (unpaired) electrons. The average molecular weight is 345 g/mol. The van der Waals surface area contributed by atoms with Gasteiger partial charge in [0.1, 0.15) is 10.6 Å². The molecule has 1 fully saturated rings. The largest absolute Gasteiger partial charge is 0.444 e. The number of piperazine rings is 1. The van der Waals surface area contributed by atoms with Gasteiger partial charge in [0.15, 0.2) is 0 Å². The van der Waals surface area contributed by atoms with Crippen LogP contribution in [0.15, 0.2) is 36.5 Å². The third kappa shape index (κ3) is 3.87. The van der Waals surface area contributed by atoms with Gasteiger partial charge in [-0.3, -0.25) is 0 Å². The van der Waals surface area contributed by atoms with E-state index in [1.165, 1.54) is 22.1 Å². The van der Waals surface area contributed by atoms with E-state index in [0.717, 1.165) is 18.7 Å². The van der Waals surface area contributed by atoms with E-state index in [9.17, 15) is 4.79 Å². The Hall–Kier alpha value is -2.08. The van der Waals surface area contributed by atoms with Gasteiger partial charge in [0.2, 0.25) is 0 Å². The number of anilines is 1. The van der Waals surface area contributed by atoms with Crippen molar-refractivity contribution < 1.29 is 9.53 Å². The molecule has 0 aliphatic carbocycles. The zero-order valence-corrected chi connectivity index (χ0v) is 15.2. The van der Waals surface area contributed by atoms with E-state index in [1.54, 1.807) is 4.90 Å². The van der Waals surface area contributed by atoms with Crippen LogP contribution in [0.2, 0.25) is 0 Å². The molecule has 5 nitrogen and oxygen atoms in total. The number of hydrogen-bond donors (Lipinski definition) is 0. The molecule has 1 saturated heterocycles. The highest BCUT2D eigenvalue weighted by atomic mass is 32.1. The summed E-state index contributed by atoms with van der Waals surface area (Å²) in [7, 11) is 0. The molecular weight excluding hydrogens is 322 g/mol. The lowest BCUT2D eigenvalue weighted by molar-refractivity contribution is 0.0241. The Labute approximate surface area is 147 Å². The Morgan fingerprint density at radius 1 is 1.12 bits per heavy atom. The lowest BCUT2D eigenvalue weighted by Gasteiger charge is -2.36. The molecule has 1 aliphatic rings. The molecule has 0 N–H and O–H groups in total. The summed E-state index contributed by atoms with van der Waals surface area (Å²) >= 11 is 1.51. The second-order valence-electron chi connectivity index (χ2n) is 6.87. The fraction of sp³-hybridized carbons (Fsp3) is 0.444. The van der Waals surface area contributed by atoms with Gasteiger partial charge in [0.05, 0.1) is 6.20 Å². The first kappa shape index (κ1) is 16.8. The van der Waals surface area contributed by atoms with Crippen molar-refractivity contribution in [1.82, 2.24) is 9.27 Å². The lowest BCUT2D eigenvalue weighted by Crippen LogP contribution is -2.50. The predicted octanol–water partition coefficient (Wildman–Crippen LogP) is 3.87. The number of carbonyl (C=O) groups is 1. The van der Waals surface area contributed by atoms with E-state index in [-0.39, 0.29) is 6.09 Å². The van der Waals surface area contributed by atoms with Gasteiger partial charge in [-0.25, -0.2) is 4.79 Å². The zero-order chi connectivity index (χ0) is 17.2. The molecule has 3 rings (SSSR count). The van der Waals surface area contributed by atoms with Gasteiger partial charge in [0.25, 0.3) is 0 Å². The van der Waals surface area contributed by atoms with Crippen LogP contribution < -0.4 is 4.90 Å². The van der Waals surface area contributed by atoms with Crippen molar-refractivity contribution in [1.29, 1.82) is 0 Å². The Bertz CT molecular complexity index is 686. The first-order valence-electron chi connectivity index (χ1n) is 8.17. The van der Waals surface area contributed by atoms with E-state index in [1.807, 2.05) is 45.2 Å². The van der Waals surface area contributed by atoms with Crippen molar-refractivity contribution in [3.05, 3.63) is 36.5 Å². The molecule has 1 aliphatic heterocycles. The highest BCUT2D eigenvalue weighted by Crippen LogP contribution is 2.34. The second-order valence-corrected chi connectivity index (χ2v) is 7.65. The molecule has 0 unspecified atom stereocenters. The maximum atomic E-state index is 12.2. The van der Waals surface area contributed by atoms with Gasteiger partial charge < -0.3 is 14.5 Å². The van der Waals surface area contributed by atoms with Crippen molar-refractivity contribution in [3.8, 4) is 11.1 Å². The standard InChI is InChI=1S/C18H23N3O2S/c1-18(2,3)23-17(22)21-11-9-20(10-12-21)16-15(13-19-24-16)14-7-5-4-6-8-14/h4-8,13H,9-12H2,1-3H3. The zero-order valence-electron chi connectivity index (χ0n) is 14.4. The van der Waals surface area contributed by atoms with Gasteiger partial charge in [0, 0.05) is 31.7 Å². The van der Waals surface area contributed by atoms with Gasteiger partial charge >= 0.3 is 6.09 Å². The molecule has 1 amide bonds. The van der Waals surface area contributed by atoms with Crippen LogP contribution in [0, 0.1) is 0 Å². The first-order valence-corrected chi connectivity index (χ1v) is 8.94. The van der Waals surface area contributed by atoms with Crippen LogP contribution in [0.5, 0.6) is 0 Å². The van der Waals surface area contributed by atoms with Gasteiger partial charge in [-0.15, -0.1) is 0 Å². The Kier molecular flexibility index (Phi) is 4.76. The first-order chi connectivity index (χ1) is 11.4. The van der Waals surface area contributed by atoms with Crippen molar-refractivity contribution in [2.24, 2.45) is 0 Å². The second kappa shape index (κ2) is 6.81. The molecule has 0 spiro atoms. The number of rotatable bonds is 2. The number of benzene rings is 1. The molecule has 6 heteroatoms. The topological polar surface area (TPSA) is 45.7 Å². The van der Waals surface area contributed by atoms with Crippen molar-refractivity contribution in [3.63, 3.8) is 0 Å². The lowest BCUT2D eigenvalue weighted by atomic mass is 10.1. The SMILES string of the molecule is CC(C)(C)OC(=O)N1CCN(c2sncc2-c2ccccc2)CC1. The van der Waals surface area contributed by atoms with Crippen LogP contribution in [0.3, 0.4) is 0 Å². The molecule has 1 aromatic heterocycles. The summed E-state index contributed by atoms with van der Waals surface area (Å²) in [6, 6.07) is 10.3. The molecule has 0 saturated carbocycles. The number of amides is 1. The maximum absolute atomic E-state index is 12.2. The van der Waals surface area contributed by atoms with E-state index in [4.69, 9.17) is 4.74 Å². The molecular formula is C18H23N3O2S. The van der Waals surface area contributed by atoms with E-state index >= 15 is 0 Å². The van der Waals surface area contributed by atoms with Crippen LogP contribution in [0.25, 0.3) is 11.1 Å². The number of nitrogens with zero attached hydrogens (tertiary/aromatic N) is 3. The third-order valence-corrected chi connectivity index (χ3v) is 4.72. The van der Waals surface area contributed by atoms with Gasteiger partial charge in [-0.1, -0.05) is 30.3 Å². The Morgan fingerprint density at radius 3 is 2.42 bits per heavy atom. The van der Waals surface area contributed by atoms with Crippen LogP contribution in [0.4, 0.5) is 9.80 Å². The summed E-state index contributed by atoms with van der Waals surface area (Å²) in [6.45, 7) is 8.60. The highest BCUT2D eigenvalue weighted by molar-refractivity contribution is 7.10. The molecule has 1 aromatic carbocycles. The minimum Gasteiger partial charge on any atom is -0.444 e. The molecule has 0 atom stereocenters. The molecule has 0 bridgehead atoms.